The number of benzene rings is 1. The third-order valence-electron chi connectivity index (χ3n) is 4.45. The maximum absolute atomic E-state index is 12.3. The van der Waals surface area contributed by atoms with E-state index in [-0.39, 0.29) is 17.3 Å². The first-order valence-corrected chi connectivity index (χ1v) is 10.4. The van der Waals surface area contributed by atoms with Gasteiger partial charge in [-0.05, 0) is 49.4 Å². The fourth-order valence-corrected chi connectivity index (χ4v) is 3.98. The van der Waals surface area contributed by atoms with Gasteiger partial charge in [0.25, 0.3) is 0 Å². The van der Waals surface area contributed by atoms with Crippen molar-refractivity contribution in [2.75, 3.05) is 13.1 Å². The Morgan fingerprint density at radius 1 is 1.36 bits per heavy atom. The SMILES string of the molecule is CCCCC(=O)N1CCc2cc(S(=O)(=O)NCC[C@H](C)O)ccc2C1. The van der Waals surface area contributed by atoms with Crippen LogP contribution >= 0.6 is 0 Å². The molecule has 0 aliphatic carbocycles. The van der Waals surface area contributed by atoms with E-state index < -0.39 is 16.1 Å². The van der Waals surface area contributed by atoms with E-state index >= 15 is 0 Å². The Morgan fingerprint density at radius 2 is 2.12 bits per heavy atom. The normalized spacial score (nSPS) is 15.7. The molecule has 140 valence electrons. The second-order valence-corrected chi connectivity index (χ2v) is 8.40. The molecule has 2 N–H and O–H groups in total. The number of aliphatic hydroxyl groups is 1. The third kappa shape index (κ3) is 5.52. The Kier molecular flexibility index (Phi) is 6.98. The van der Waals surface area contributed by atoms with Crippen LogP contribution in [0.4, 0.5) is 0 Å². The van der Waals surface area contributed by atoms with Crippen LogP contribution in [0.1, 0.15) is 50.7 Å². The number of fused-ring (bicyclic) bond motifs is 1. The highest BCUT2D eigenvalue weighted by Crippen LogP contribution is 2.23. The molecule has 1 aliphatic heterocycles. The predicted molar refractivity (Wildman–Crippen MR) is 96.6 cm³/mol. The van der Waals surface area contributed by atoms with Gasteiger partial charge in [0.1, 0.15) is 0 Å². The second-order valence-electron chi connectivity index (χ2n) is 6.63. The number of amides is 1. The van der Waals surface area contributed by atoms with Gasteiger partial charge in [-0.1, -0.05) is 19.4 Å². The summed E-state index contributed by atoms with van der Waals surface area (Å²) in [4.78, 5) is 14.3. The molecule has 1 aromatic carbocycles. The van der Waals surface area contributed by atoms with Crippen molar-refractivity contribution in [1.82, 2.24) is 9.62 Å². The molecule has 7 heteroatoms. The summed E-state index contributed by atoms with van der Waals surface area (Å²) in [5.41, 5.74) is 2.00. The number of aliphatic hydroxyl groups excluding tert-OH is 1. The first-order chi connectivity index (χ1) is 11.8. The lowest BCUT2D eigenvalue weighted by Crippen LogP contribution is -2.36. The molecule has 0 saturated heterocycles. The Labute approximate surface area is 150 Å². The fraction of sp³-hybridized carbons (Fsp3) is 0.611. The second kappa shape index (κ2) is 8.78. The summed E-state index contributed by atoms with van der Waals surface area (Å²) in [5.74, 6) is 0.170. The smallest absolute Gasteiger partial charge is 0.240 e. The number of hydrogen-bond donors (Lipinski definition) is 2. The molecule has 1 atom stereocenters. The summed E-state index contributed by atoms with van der Waals surface area (Å²) in [7, 11) is -3.57. The first kappa shape index (κ1) is 19.9. The number of nitrogens with one attached hydrogen (secondary N) is 1. The molecule has 6 nitrogen and oxygen atoms in total. The maximum Gasteiger partial charge on any atom is 0.240 e. The van der Waals surface area contributed by atoms with Gasteiger partial charge in [-0.3, -0.25) is 4.79 Å². The van der Waals surface area contributed by atoms with Crippen molar-refractivity contribution >= 4 is 15.9 Å². The monoisotopic (exact) mass is 368 g/mol. The van der Waals surface area contributed by atoms with Crippen molar-refractivity contribution < 1.29 is 18.3 Å². The van der Waals surface area contributed by atoms with Crippen molar-refractivity contribution in [3.8, 4) is 0 Å². The number of carbonyl (C=O) groups is 1. The largest absolute Gasteiger partial charge is 0.393 e. The molecule has 0 spiro atoms. The fourth-order valence-electron chi connectivity index (χ4n) is 2.88. The minimum absolute atomic E-state index is 0.170. The third-order valence-corrected chi connectivity index (χ3v) is 5.91. The van der Waals surface area contributed by atoms with Gasteiger partial charge in [-0.15, -0.1) is 0 Å². The highest BCUT2D eigenvalue weighted by atomic mass is 32.2. The van der Waals surface area contributed by atoms with E-state index in [0.717, 1.165) is 24.0 Å². The van der Waals surface area contributed by atoms with Crippen molar-refractivity contribution in [2.45, 2.75) is 63.5 Å². The lowest BCUT2D eigenvalue weighted by molar-refractivity contribution is -0.132. The van der Waals surface area contributed by atoms with Crippen molar-refractivity contribution in [3.63, 3.8) is 0 Å². The maximum atomic E-state index is 12.3. The highest BCUT2D eigenvalue weighted by molar-refractivity contribution is 7.89. The van der Waals surface area contributed by atoms with E-state index in [9.17, 15) is 18.3 Å². The average molecular weight is 368 g/mol. The van der Waals surface area contributed by atoms with Crippen LogP contribution in [-0.2, 0) is 27.8 Å². The van der Waals surface area contributed by atoms with Crippen LogP contribution in [0.25, 0.3) is 0 Å². The van der Waals surface area contributed by atoms with Crippen LogP contribution in [0.5, 0.6) is 0 Å². The van der Waals surface area contributed by atoms with Crippen LogP contribution in [0, 0.1) is 0 Å². The summed E-state index contributed by atoms with van der Waals surface area (Å²) in [6, 6.07) is 5.09. The molecule has 0 bridgehead atoms. The number of rotatable bonds is 8. The molecule has 25 heavy (non-hydrogen) atoms. The Bertz CT molecular complexity index is 701. The zero-order valence-corrected chi connectivity index (χ0v) is 15.8. The molecule has 2 rings (SSSR count). The van der Waals surface area contributed by atoms with Gasteiger partial charge < -0.3 is 10.0 Å². The van der Waals surface area contributed by atoms with Gasteiger partial charge in [0.15, 0.2) is 0 Å². The lowest BCUT2D eigenvalue weighted by Gasteiger charge is -2.29. The number of hydrogen-bond acceptors (Lipinski definition) is 4. The minimum Gasteiger partial charge on any atom is -0.393 e. The summed E-state index contributed by atoms with van der Waals surface area (Å²) in [6.07, 6.45) is 2.98. The minimum atomic E-state index is -3.57. The molecule has 1 heterocycles. The van der Waals surface area contributed by atoms with E-state index in [4.69, 9.17) is 0 Å². The van der Waals surface area contributed by atoms with Crippen LogP contribution in [-0.4, -0.2) is 43.5 Å². The Morgan fingerprint density at radius 3 is 2.80 bits per heavy atom. The number of nitrogens with zero attached hydrogens (tertiary/aromatic N) is 1. The van der Waals surface area contributed by atoms with Crippen LogP contribution < -0.4 is 4.72 Å². The van der Waals surface area contributed by atoms with Gasteiger partial charge in [-0.25, -0.2) is 13.1 Å². The van der Waals surface area contributed by atoms with E-state index in [0.29, 0.717) is 32.4 Å². The number of sulfonamides is 1. The Hall–Kier alpha value is -1.44. The predicted octanol–water partition coefficient (Wildman–Crippen LogP) is 1.81. The molecule has 0 unspecified atom stereocenters. The average Bonchev–Trinajstić information content (AvgIpc) is 2.58. The van der Waals surface area contributed by atoms with E-state index in [1.165, 1.54) is 0 Å². The van der Waals surface area contributed by atoms with Gasteiger partial charge >= 0.3 is 0 Å². The lowest BCUT2D eigenvalue weighted by atomic mass is 9.99. The summed E-state index contributed by atoms with van der Waals surface area (Å²) in [5, 5.41) is 9.23. The van der Waals surface area contributed by atoms with Gasteiger partial charge in [0, 0.05) is 26.1 Å². The van der Waals surface area contributed by atoms with Crippen LogP contribution in [0.15, 0.2) is 23.1 Å². The molecule has 0 aromatic heterocycles. The zero-order valence-electron chi connectivity index (χ0n) is 15.0. The quantitative estimate of drug-likeness (QED) is 0.733. The standard InChI is InChI=1S/C18H28N2O4S/c1-3-4-5-18(22)20-11-9-15-12-17(7-6-16(15)13-20)25(23,24)19-10-8-14(2)21/h6-7,12,14,19,21H,3-5,8-11,13H2,1-2H3/t14-/m0/s1. The van der Waals surface area contributed by atoms with Crippen LogP contribution in [0.2, 0.25) is 0 Å². The van der Waals surface area contributed by atoms with Crippen LogP contribution in [0.3, 0.4) is 0 Å². The van der Waals surface area contributed by atoms with Crippen molar-refractivity contribution in [2.24, 2.45) is 0 Å². The molecule has 0 saturated carbocycles. The Balaban J connectivity index is 2.05. The molecular formula is C18H28N2O4S. The summed E-state index contributed by atoms with van der Waals surface area (Å²) >= 11 is 0. The molecule has 1 aliphatic rings. The number of carbonyl (C=O) groups excluding carboxylic acids is 1. The molecule has 0 radical (unpaired) electrons. The molecule has 1 aromatic rings. The van der Waals surface area contributed by atoms with Gasteiger partial charge in [0.2, 0.25) is 15.9 Å². The molecular weight excluding hydrogens is 340 g/mol. The van der Waals surface area contributed by atoms with Crippen molar-refractivity contribution in [3.05, 3.63) is 29.3 Å². The molecule has 0 fully saturated rings. The first-order valence-electron chi connectivity index (χ1n) is 8.90. The van der Waals surface area contributed by atoms with E-state index in [1.54, 1.807) is 25.1 Å². The van der Waals surface area contributed by atoms with E-state index in [2.05, 4.69) is 11.6 Å². The number of unbranched alkanes of at least 4 members (excludes halogenated alkanes) is 1. The summed E-state index contributed by atoms with van der Waals surface area (Å²) < 4.78 is 27.2. The zero-order chi connectivity index (χ0) is 18.4. The topological polar surface area (TPSA) is 86.7 Å². The van der Waals surface area contributed by atoms with Gasteiger partial charge in [-0.2, -0.15) is 0 Å². The van der Waals surface area contributed by atoms with Crippen molar-refractivity contribution in [1.29, 1.82) is 0 Å². The van der Waals surface area contributed by atoms with E-state index in [1.807, 2.05) is 4.90 Å². The molecule has 1 amide bonds. The summed E-state index contributed by atoms with van der Waals surface area (Å²) in [6.45, 7) is 5.08. The van der Waals surface area contributed by atoms with Gasteiger partial charge in [0.05, 0.1) is 11.0 Å². The highest BCUT2D eigenvalue weighted by Gasteiger charge is 2.22.